The Morgan fingerprint density at radius 1 is 1.50 bits per heavy atom. The van der Waals surface area contributed by atoms with Crippen LogP contribution in [0.5, 0.6) is 0 Å². The maximum atomic E-state index is 11.0. The molecule has 0 unspecified atom stereocenters. The van der Waals surface area contributed by atoms with Crippen LogP contribution in [-0.4, -0.2) is 34.9 Å². The summed E-state index contributed by atoms with van der Waals surface area (Å²) in [5, 5.41) is 20.5. The Hall–Kier alpha value is -2.71. The molecule has 1 aromatic carbocycles. The van der Waals surface area contributed by atoms with Crippen LogP contribution in [0.2, 0.25) is 0 Å². The van der Waals surface area contributed by atoms with Crippen LogP contribution in [0.15, 0.2) is 16.8 Å². The van der Waals surface area contributed by atoms with Crippen molar-refractivity contribution in [3.8, 4) is 0 Å². The van der Waals surface area contributed by atoms with E-state index in [1.807, 2.05) is 0 Å². The minimum absolute atomic E-state index is 0.0230. The molecular formula is C9H8N4O5. The van der Waals surface area contributed by atoms with Gasteiger partial charge in [-0.15, -0.1) is 0 Å². The predicted molar refractivity (Wildman–Crippen MR) is 59.0 cm³/mol. The number of carbonyl (C=O) groups excluding carboxylic acids is 1. The molecule has 0 saturated carbocycles. The Balaban J connectivity index is 2.36. The molecule has 9 heteroatoms. The topological polar surface area (TPSA) is 120 Å². The fraction of sp³-hybridized carbons (Fsp3) is 0.222. The number of ether oxygens (including phenoxy) is 1. The van der Waals surface area contributed by atoms with Gasteiger partial charge in [-0.05, 0) is 16.4 Å². The monoisotopic (exact) mass is 252 g/mol. The van der Waals surface area contributed by atoms with Crippen LogP contribution in [0.1, 0.15) is 0 Å². The van der Waals surface area contributed by atoms with Crippen molar-refractivity contribution in [2.45, 2.75) is 0 Å². The third-order valence-electron chi connectivity index (χ3n) is 2.24. The lowest BCUT2D eigenvalue weighted by molar-refractivity contribution is -0.383. The Bertz CT molecular complexity index is 608. The van der Waals surface area contributed by atoms with Gasteiger partial charge in [-0.25, -0.2) is 4.63 Å². The number of hydrogen-bond donors (Lipinski definition) is 1. The summed E-state index contributed by atoms with van der Waals surface area (Å²) in [5.41, 5.74) is 0.403. The predicted octanol–water partition coefficient (Wildman–Crippen LogP) is 0.716. The molecule has 0 aliphatic rings. The third-order valence-corrected chi connectivity index (χ3v) is 2.24. The van der Waals surface area contributed by atoms with E-state index in [-0.39, 0.29) is 23.3 Å². The molecule has 1 heterocycles. The molecule has 0 spiro atoms. The number of non-ortho nitro benzene ring substituents is 1. The zero-order valence-electron chi connectivity index (χ0n) is 9.24. The molecule has 0 aliphatic carbocycles. The summed E-state index contributed by atoms with van der Waals surface area (Å²) in [7, 11) is 1.26. The molecule has 0 amide bonds. The third kappa shape index (κ3) is 2.05. The Morgan fingerprint density at radius 2 is 2.22 bits per heavy atom. The number of nitro groups is 1. The van der Waals surface area contributed by atoms with Gasteiger partial charge >= 0.3 is 11.7 Å². The molecule has 18 heavy (non-hydrogen) atoms. The van der Waals surface area contributed by atoms with Gasteiger partial charge in [-0.2, -0.15) is 0 Å². The maximum Gasteiger partial charge on any atom is 0.325 e. The molecule has 0 radical (unpaired) electrons. The van der Waals surface area contributed by atoms with Crippen LogP contribution >= 0.6 is 0 Å². The highest BCUT2D eigenvalue weighted by Crippen LogP contribution is 2.28. The molecule has 0 bridgehead atoms. The number of methoxy groups -OCH3 is 1. The highest BCUT2D eigenvalue weighted by Gasteiger charge is 2.19. The van der Waals surface area contributed by atoms with Crippen LogP contribution in [0, 0.1) is 10.1 Å². The molecule has 94 valence electrons. The minimum Gasteiger partial charge on any atom is -0.468 e. The van der Waals surface area contributed by atoms with E-state index in [4.69, 9.17) is 0 Å². The molecular weight excluding hydrogens is 244 g/mol. The summed E-state index contributed by atoms with van der Waals surface area (Å²) >= 11 is 0. The standard InChI is InChI=1S/C9H8N4O5/c1-17-7(14)4-10-5-2-3-6(13(15)16)9-8(5)11-18-12-9/h2-3,10H,4H2,1H3. The summed E-state index contributed by atoms with van der Waals surface area (Å²) in [6.07, 6.45) is 0. The lowest BCUT2D eigenvalue weighted by Gasteiger charge is -2.04. The van der Waals surface area contributed by atoms with Gasteiger partial charge < -0.3 is 10.1 Å². The van der Waals surface area contributed by atoms with Gasteiger partial charge in [0.25, 0.3) is 0 Å². The average Bonchev–Trinajstić information content (AvgIpc) is 2.84. The maximum absolute atomic E-state index is 11.0. The number of benzene rings is 1. The van der Waals surface area contributed by atoms with Crippen LogP contribution in [-0.2, 0) is 9.53 Å². The van der Waals surface area contributed by atoms with Gasteiger partial charge in [0.15, 0.2) is 5.52 Å². The zero-order valence-corrected chi connectivity index (χ0v) is 9.24. The second-order valence-corrected chi connectivity index (χ2v) is 3.28. The van der Waals surface area contributed by atoms with Gasteiger partial charge in [-0.3, -0.25) is 14.9 Å². The number of nitro benzene ring substituents is 1. The Kier molecular flexibility index (Phi) is 3.04. The second-order valence-electron chi connectivity index (χ2n) is 3.28. The molecule has 0 saturated heterocycles. The molecule has 0 fully saturated rings. The molecule has 0 aliphatic heterocycles. The number of nitrogens with one attached hydrogen (secondary N) is 1. The Morgan fingerprint density at radius 3 is 2.89 bits per heavy atom. The van der Waals surface area contributed by atoms with Crippen LogP contribution < -0.4 is 5.32 Å². The van der Waals surface area contributed by atoms with E-state index in [2.05, 4.69) is 25.0 Å². The molecule has 1 N–H and O–H groups in total. The van der Waals surface area contributed by atoms with E-state index in [0.717, 1.165) is 0 Å². The number of aromatic nitrogens is 2. The van der Waals surface area contributed by atoms with Crippen LogP contribution in [0.25, 0.3) is 11.0 Å². The highest BCUT2D eigenvalue weighted by molar-refractivity contribution is 5.94. The van der Waals surface area contributed by atoms with Crippen LogP contribution in [0.3, 0.4) is 0 Å². The SMILES string of the molecule is COC(=O)CNc1ccc([N+](=O)[O-])c2nonc12. The lowest BCUT2D eigenvalue weighted by Crippen LogP contribution is -2.15. The van der Waals surface area contributed by atoms with E-state index < -0.39 is 10.9 Å². The molecule has 2 aromatic rings. The van der Waals surface area contributed by atoms with Crippen molar-refractivity contribution in [3.63, 3.8) is 0 Å². The largest absolute Gasteiger partial charge is 0.468 e. The molecule has 1 aromatic heterocycles. The van der Waals surface area contributed by atoms with Crippen molar-refractivity contribution in [3.05, 3.63) is 22.2 Å². The fourth-order valence-electron chi connectivity index (χ4n) is 1.38. The van der Waals surface area contributed by atoms with E-state index in [1.54, 1.807) is 0 Å². The van der Waals surface area contributed by atoms with Gasteiger partial charge in [0, 0.05) is 6.07 Å². The first-order valence-corrected chi connectivity index (χ1v) is 4.84. The number of anilines is 1. The fourth-order valence-corrected chi connectivity index (χ4v) is 1.38. The van der Waals surface area contributed by atoms with Crippen molar-refractivity contribution in [1.82, 2.24) is 10.3 Å². The smallest absolute Gasteiger partial charge is 0.325 e. The first-order chi connectivity index (χ1) is 8.63. The van der Waals surface area contributed by atoms with Crippen molar-refractivity contribution in [1.29, 1.82) is 0 Å². The van der Waals surface area contributed by atoms with Crippen molar-refractivity contribution in [2.75, 3.05) is 19.0 Å². The Labute approximate surface area is 99.8 Å². The summed E-state index contributed by atoms with van der Waals surface area (Å²) < 4.78 is 8.93. The zero-order chi connectivity index (χ0) is 13.1. The van der Waals surface area contributed by atoms with E-state index in [9.17, 15) is 14.9 Å². The van der Waals surface area contributed by atoms with Crippen molar-refractivity contribution >= 4 is 28.4 Å². The number of carbonyl (C=O) groups is 1. The van der Waals surface area contributed by atoms with Crippen LogP contribution in [0.4, 0.5) is 11.4 Å². The summed E-state index contributed by atoms with van der Waals surface area (Å²) in [5.74, 6) is -0.474. The lowest BCUT2D eigenvalue weighted by atomic mass is 10.2. The number of hydrogen-bond acceptors (Lipinski definition) is 8. The molecule has 2 rings (SSSR count). The summed E-state index contributed by atoms with van der Waals surface area (Å²) in [6.45, 7) is -0.0870. The highest BCUT2D eigenvalue weighted by atomic mass is 16.6. The number of nitrogens with zero attached hydrogens (tertiary/aromatic N) is 3. The first kappa shape index (κ1) is 11.8. The second kappa shape index (κ2) is 4.65. The van der Waals surface area contributed by atoms with Gasteiger partial charge in [0.2, 0.25) is 5.52 Å². The number of rotatable bonds is 4. The van der Waals surface area contributed by atoms with Gasteiger partial charge in [0.1, 0.15) is 6.54 Å². The normalized spacial score (nSPS) is 10.3. The van der Waals surface area contributed by atoms with E-state index >= 15 is 0 Å². The number of fused-ring (bicyclic) bond motifs is 1. The van der Waals surface area contributed by atoms with Gasteiger partial charge in [0.05, 0.1) is 17.7 Å². The quantitative estimate of drug-likeness (QED) is 0.480. The summed E-state index contributed by atoms with van der Waals surface area (Å²) in [6, 6.07) is 2.68. The van der Waals surface area contributed by atoms with Crippen molar-refractivity contribution < 1.29 is 19.1 Å². The number of esters is 1. The van der Waals surface area contributed by atoms with E-state index in [0.29, 0.717) is 5.69 Å². The van der Waals surface area contributed by atoms with E-state index in [1.165, 1.54) is 19.2 Å². The van der Waals surface area contributed by atoms with Crippen molar-refractivity contribution in [2.24, 2.45) is 0 Å². The minimum atomic E-state index is -0.587. The van der Waals surface area contributed by atoms with Gasteiger partial charge in [-0.1, -0.05) is 0 Å². The molecule has 0 atom stereocenters. The molecule has 9 nitrogen and oxygen atoms in total. The summed E-state index contributed by atoms with van der Waals surface area (Å²) in [4.78, 5) is 21.1. The first-order valence-electron chi connectivity index (χ1n) is 4.84. The average molecular weight is 252 g/mol.